The van der Waals surface area contributed by atoms with Gasteiger partial charge in [0.15, 0.2) is 15.7 Å². The molecule has 3 N–H and O–H groups in total. The topological polar surface area (TPSA) is 143 Å². The van der Waals surface area contributed by atoms with Gasteiger partial charge in [0.1, 0.15) is 17.2 Å². The maximum atomic E-state index is 12.1. The van der Waals surface area contributed by atoms with Crippen molar-refractivity contribution in [2.45, 2.75) is 18.4 Å². The Morgan fingerprint density at radius 3 is 2.57 bits per heavy atom. The number of aromatic nitrogens is 5. The third-order valence-electron chi connectivity index (χ3n) is 5.54. The van der Waals surface area contributed by atoms with Crippen LogP contribution in [0.25, 0.3) is 22.6 Å². The van der Waals surface area contributed by atoms with Crippen molar-refractivity contribution in [1.29, 1.82) is 0 Å². The number of pyridine rings is 1. The Morgan fingerprint density at radius 2 is 1.91 bits per heavy atom. The smallest absolute Gasteiger partial charge is 0.328 e. The number of nitrogens with one attached hydrogen (secondary N) is 2. The van der Waals surface area contributed by atoms with Gasteiger partial charge in [0, 0.05) is 17.8 Å². The zero-order valence-electron chi connectivity index (χ0n) is 18.6. The summed E-state index contributed by atoms with van der Waals surface area (Å²) in [6.07, 6.45) is 2.88. The van der Waals surface area contributed by atoms with E-state index in [9.17, 15) is 18.3 Å². The van der Waals surface area contributed by atoms with Crippen LogP contribution in [0.15, 0.2) is 76.7 Å². The highest BCUT2D eigenvalue weighted by molar-refractivity contribution is 7.91. The molecule has 0 atom stereocenters. The van der Waals surface area contributed by atoms with Crippen LogP contribution in [0.4, 0.5) is 0 Å². The zero-order chi connectivity index (χ0) is 24.6. The fourth-order valence-corrected chi connectivity index (χ4v) is 4.53. The molecule has 0 aliphatic heterocycles. The van der Waals surface area contributed by atoms with E-state index in [1.807, 2.05) is 18.2 Å². The molecule has 0 saturated heterocycles. The minimum Gasteiger partial charge on any atom is -0.493 e. The minimum atomic E-state index is -3.34. The Morgan fingerprint density at radius 1 is 1.11 bits per heavy atom. The van der Waals surface area contributed by atoms with E-state index < -0.39 is 15.5 Å². The molecule has 3 aromatic heterocycles. The number of sulfone groups is 1. The van der Waals surface area contributed by atoms with Gasteiger partial charge in [-0.25, -0.2) is 18.2 Å². The second-order valence-corrected chi connectivity index (χ2v) is 10.1. The van der Waals surface area contributed by atoms with Crippen LogP contribution in [0.3, 0.4) is 0 Å². The Kier molecular flexibility index (Phi) is 5.61. The van der Waals surface area contributed by atoms with E-state index in [1.165, 1.54) is 22.9 Å². The van der Waals surface area contributed by atoms with Gasteiger partial charge in [-0.1, -0.05) is 13.0 Å². The molecule has 0 unspecified atom stereocenters. The van der Waals surface area contributed by atoms with E-state index >= 15 is 0 Å². The number of hydrogen-bond donors (Lipinski definition) is 3. The lowest BCUT2D eigenvalue weighted by Gasteiger charge is -2.13. The number of benzene rings is 2. The number of imidazole rings is 2. The van der Waals surface area contributed by atoms with Crippen LogP contribution in [0.5, 0.6) is 17.4 Å². The van der Waals surface area contributed by atoms with Gasteiger partial charge in [0.2, 0.25) is 5.88 Å². The van der Waals surface area contributed by atoms with E-state index in [0.29, 0.717) is 39.6 Å². The van der Waals surface area contributed by atoms with E-state index in [0.717, 1.165) is 0 Å². The van der Waals surface area contributed by atoms with Gasteiger partial charge in [0.25, 0.3) is 0 Å². The molecule has 0 saturated carbocycles. The SMILES string of the molecule is CCS(=O)(=O)c1ccc(Oc2cc3nc(-c4ccccn4)[nH]c3cc2Cn2c(O)c[nH]c2=O)cc1. The van der Waals surface area contributed by atoms with Crippen LogP contribution in [0.1, 0.15) is 12.5 Å². The zero-order valence-corrected chi connectivity index (χ0v) is 19.4. The first-order valence-corrected chi connectivity index (χ1v) is 12.4. The molecule has 2 aromatic carbocycles. The molecule has 0 radical (unpaired) electrons. The third kappa shape index (κ3) is 4.41. The molecule has 0 fully saturated rings. The first-order chi connectivity index (χ1) is 16.8. The lowest BCUT2D eigenvalue weighted by atomic mass is 10.1. The summed E-state index contributed by atoms with van der Waals surface area (Å²) in [7, 11) is -3.34. The molecule has 0 aliphatic carbocycles. The number of rotatable bonds is 7. The van der Waals surface area contributed by atoms with Crippen LogP contribution >= 0.6 is 0 Å². The summed E-state index contributed by atoms with van der Waals surface area (Å²) in [5.74, 6) is 1.16. The van der Waals surface area contributed by atoms with Gasteiger partial charge in [-0.3, -0.25) is 9.55 Å². The summed E-state index contributed by atoms with van der Waals surface area (Å²) in [5.41, 5.74) is 2.10. The van der Waals surface area contributed by atoms with Crippen LogP contribution in [0.2, 0.25) is 0 Å². The summed E-state index contributed by atoms with van der Waals surface area (Å²) < 4.78 is 31.5. The monoisotopic (exact) mass is 491 g/mol. The molecule has 0 spiro atoms. The Labute approximate surface area is 199 Å². The van der Waals surface area contributed by atoms with Gasteiger partial charge >= 0.3 is 5.69 Å². The molecular formula is C24H21N5O5S. The Hall–Kier alpha value is -4.38. The standard InChI is InChI=1S/C24H21N5O5S/c1-2-35(32,33)17-8-6-16(7-9-17)34-21-12-20-19(27-23(28-20)18-5-3-4-10-25-18)11-15(21)14-29-22(30)13-26-24(29)31/h3-13,30H,2,14H2,1H3,(H,26,31)(H,27,28). The fourth-order valence-electron chi connectivity index (χ4n) is 3.64. The highest BCUT2D eigenvalue weighted by Crippen LogP contribution is 2.32. The molecule has 0 bridgehead atoms. The predicted octanol–water partition coefficient (Wildman–Crippen LogP) is 3.45. The van der Waals surface area contributed by atoms with Crippen LogP contribution in [0, 0.1) is 0 Å². The lowest BCUT2D eigenvalue weighted by Crippen LogP contribution is -2.17. The summed E-state index contributed by atoms with van der Waals surface area (Å²) in [6, 6.07) is 15.1. The van der Waals surface area contributed by atoms with Gasteiger partial charge in [-0.05, 0) is 42.5 Å². The number of ether oxygens (including phenoxy) is 1. The van der Waals surface area contributed by atoms with Crippen molar-refractivity contribution in [2.24, 2.45) is 0 Å². The molecule has 0 amide bonds. The van der Waals surface area contributed by atoms with Crippen molar-refractivity contribution in [3.05, 3.63) is 83.0 Å². The maximum absolute atomic E-state index is 12.1. The normalized spacial score (nSPS) is 11.7. The largest absolute Gasteiger partial charge is 0.493 e. The maximum Gasteiger partial charge on any atom is 0.328 e. The minimum absolute atomic E-state index is 0.000687. The van der Waals surface area contributed by atoms with Crippen molar-refractivity contribution in [2.75, 3.05) is 5.75 Å². The Balaban J connectivity index is 1.57. The number of aromatic amines is 2. The van der Waals surface area contributed by atoms with E-state index in [2.05, 4.69) is 19.9 Å². The predicted molar refractivity (Wildman–Crippen MR) is 129 cm³/mol. The third-order valence-corrected chi connectivity index (χ3v) is 7.29. The second kappa shape index (κ2) is 8.76. The first-order valence-electron chi connectivity index (χ1n) is 10.8. The van der Waals surface area contributed by atoms with Crippen molar-refractivity contribution in [3.8, 4) is 28.9 Å². The number of H-pyrrole nitrogens is 2. The molecule has 11 heteroatoms. The van der Waals surface area contributed by atoms with Crippen molar-refractivity contribution in [1.82, 2.24) is 24.5 Å². The van der Waals surface area contributed by atoms with E-state index in [1.54, 1.807) is 37.4 Å². The summed E-state index contributed by atoms with van der Waals surface area (Å²) in [6.45, 7) is 1.61. The molecule has 178 valence electrons. The van der Waals surface area contributed by atoms with Gasteiger partial charge in [-0.2, -0.15) is 0 Å². The fraction of sp³-hybridized carbons (Fsp3) is 0.125. The number of hydrogen-bond acceptors (Lipinski definition) is 7. The average molecular weight is 492 g/mol. The lowest BCUT2D eigenvalue weighted by molar-refractivity contribution is 0.418. The average Bonchev–Trinajstić information content (AvgIpc) is 3.43. The summed E-state index contributed by atoms with van der Waals surface area (Å²) >= 11 is 0. The molecule has 3 heterocycles. The second-order valence-electron chi connectivity index (χ2n) is 7.79. The Bertz CT molecular complexity index is 1670. The quantitative estimate of drug-likeness (QED) is 0.316. The number of nitrogens with zero attached hydrogens (tertiary/aromatic N) is 3. The van der Waals surface area contributed by atoms with Crippen LogP contribution in [-0.4, -0.2) is 43.8 Å². The highest BCUT2D eigenvalue weighted by Gasteiger charge is 2.16. The number of aromatic hydroxyl groups is 1. The van der Waals surface area contributed by atoms with Crippen molar-refractivity contribution in [3.63, 3.8) is 0 Å². The molecule has 0 aliphatic rings. The molecular weight excluding hydrogens is 470 g/mol. The van der Waals surface area contributed by atoms with Gasteiger partial charge in [0.05, 0.1) is 34.4 Å². The summed E-state index contributed by atoms with van der Waals surface area (Å²) in [5, 5.41) is 10.1. The molecule has 5 rings (SSSR count). The summed E-state index contributed by atoms with van der Waals surface area (Å²) in [4.78, 5) is 27.0. The number of fused-ring (bicyclic) bond motifs is 1. The molecule has 5 aromatic rings. The van der Waals surface area contributed by atoms with Gasteiger partial charge < -0.3 is 19.8 Å². The van der Waals surface area contributed by atoms with Crippen LogP contribution in [-0.2, 0) is 16.4 Å². The van der Waals surface area contributed by atoms with Crippen molar-refractivity contribution >= 4 is 20.9 Å². The molecule has 35 heavy (non-hydrogen) atoms. The highest BCUT2D eigenvalue weighted by atomic mass is 32.2. The first kappa shape index (κ1) is 22.4. The van der Waals surface area contributed by atoms with E-state index in [-0.39, 0.29) is 23.1 Å². The van der Waals surface area contributed by atoms with Gasteiger partial charge in [-0.15, -0.1) is 0 Å². The van der Waals surface area contributed by atoms with Crippen LogP contribution < -0.4 is 10.4 Å². The van der Waals surface area contributed by atoms with E-state index in [4.69, 9.17) is 4.74 Å². The van der Waals surface area contributed by atoms with Crippen molar-refractivity contribution < 1.29 is 18.3 Å². The molecule has 10 nitrogen and oxygen atoms in total.